The second-order valence-electron chi connectivity index (χ2n) is 5.03. The summed E-state index contributed by atoms with van der Waals surface area (Å²) in [4.78, 5) is 5.15. The number of thiazole rings is 1. The molecule has 0 bridgehead atoms. The highest BCUT2D eigenvalue weighted by Crippen LogP contribution is 2.34. The van der Waals surface area contributed by atoms with Gasteiger partial charge < -0.3 is 5.73 Å². The lowest BCUT2D eigenvalue weighted by atomic mass is 10.2. The standard InChI is InChI=1S/C13H10Cl2N4O2S3/c14-9-6-18-12(10(15)17-13(18)23-9)24(20,21)19-5-7(1-3-16)8-2-4-22-11(8)19/h2,4-6H,1,3,16H2. The van der Waals surface area contributed by atoms with Crippen molar-refractivity contribution in [2.24, 2.45) is 5.73 Å². The highest BCUT2D eigenvalue weighted by atomic mass is 35.5. The minimum Gasteiger partial charge on any atom is -0.330 e. The van der Waals surface area contributed by atoms with Crippen LogP contribution < -0.4 is 5.73 Å². The lowest BCUT2D eigenvalue weighted by Crippen LogP contribution is -2.14. The highest BCUT2D eigenvalue weighted by Gasteiger charge is 2.29. The number of fused-ring (bicyclic) bond motifs is 2. The molecule has 0 aliphatic rings. The van der Waals surface area contributed by atoms with Gasteiger partial charge in [0.1, 0.15) is 9.17 Å². The van der Waals surface area contributed by atoms with Crippen LogP contribution in [0.2, 0.25) is 9.49 Å². The van der Waals surface area contributed by atoms with Crippen molar-refractivity contribution in [1.82, 2.24) is 13.4 Å². The summed E-state index contributed by atoms with van der Waals surface area (Å²) in [6.45, 7) is 0.437. The number of hydrogen-bond acceptors (Lipinski definition) is 6. The van der Waals surface area contributed by atoms with Crippen LogP contribution in [0.5, 0.6) is 0 Å². The van der Waals surface area contributed by atoms with Crippen molar-refractivity contribution in [2.45, 2.75) is 11.4 Å². The molecular weight excluding hydrogens is 411 g/mol. The van der Waals surface area contributed by atoms with Crippen molar-refractivity contribution in [3.8, 4) is 0 Å². The quantitative estimate of drug-likeness (QED) is 0.547. The Kier molecular flexibility index (Phi) is 3.90. The van der Waals surface area contributed by atoms with Crippen LogP contribution in [0, 0.1) is 0 Å². The molecule has 0 aromatic carbocycles. The molecule has 24 heavy (non-hydrogen) atoms. The van der Waals surface area contributed by atoms with E-state index in [-0.39, 0.29) is 10.2 Å². The number of nitrogens with zero attached hydrogens (tertiary/aromatic N) is 3. The molecule has 6 nitrogen and oxygen atoms in total. The van der Waals surface area contributed by atoms with Gasteiger partial charge in [-0.05, 0) is 30.0 Å². The second kappa shape index (κ2) is 5.72. The molecule has 0 atom stereocenters. The third-order valence-corrected chi connectivity index (χ3v) is 7.78. The van der Waals surface area contributed by atoms with E-state index in [9.17, 15) is 8.42 Å². The zero-order valence-electron chi connectivity index (χ0n) is 11.9. The molecule has 0 saturated heterocycles. The molecule has 2 N–H and O–H groups in total. The first kappa shape index (κ1) is 16.4. The van der Waals surface area contributed by atoms with Gasteiger partial charge in [-0.1, -0.05) is 34.5 Å². The van der Waals surface area contributed by atoms with Crippen LogP contribution >= 0.6 is 45.9 Å². The Bertz CT molecular complexity index is 1170. The summed E-state index contributed by atoms with van der Waals surface area (Å²) in [5, 5.41) is 2.57. The van der Waals surface area contributed by atoms with Crippen molar-refractivity contribution in [2.75, 3.05) is 6.54 Å². The summed E-state index contributed by atoms with van der Waals surface area (Å²) in [7, 11) is -3.93. The number of aromatic nitrogens is 3. The summed E-state index contributed by atoms with van der Waals surface area (Å²) in [5.41, 5.74) is 6.52. The van der Waals surface area contributed by atoms with E-state index in [1.54, 1.807) is 6.20 Å². The fourth-order valence-corrected chi connectivity index (χ4v) is 6.86. The Morgan fingerprint density at radius 2 is 2.08 bits per heavy atom. The first-order valence-electron chi connectivity index (χ1n) is 6.79. The molecular formula is C13H10Cl2N4O2S3. The predicted octanol–water partition coefficient (Wildman–Crippen LogP) is 3.46. The van der Waals surface area contributed by atoms with Crippen molar-refractivity contribution >= 4 is 71.1 Å². The van der Waals surface area contributed by atoms with Gasteiger partial charge in [0.05, 0.1) is 0 Å². The number of halogens is 2. The Morgan fingerprint density at radius 1 is 1.29 bits per heavy atom. The van der Waals surface area contributed by atoms with Crippen molar-refractivity contribution in [3.63, 3.8) is 0 Å². The summed E-state index contributed by atoms with van der Waals surface area (Å²) in [6, 6.07) is 1.89. The normalized spacial score (nSPS) is 12.6. The van der Waals surface area contributed by atoms with Gasteiger partial charge in [0, 0.05) is 17.8 Å². The van der Waals surface area contributed by atoms with Gasteiger partial charge in [0.2, 0.25) is 5.03 Å². The molecule has 0 saturated carbocycles. The maximum atomic E-state index is 13.2. The average molecular weight is 421 g/mol. The fourth-order valence-electron chi connectivity index (χ4n) is 2.62. The van der Waals surface area contributed by atoms with Crippen LogP contribution in [-0.2, 0) is 16.4 Å². The molecule has 0 fully saturated rings. The number of thiophene rings is 1. The van der Waals surface area contributed by atoms with E-state index in [1.165, 1.54) is 25.9 Å². The Morgan fingerprint density at radius 3 is 2.83 bits per heavy atom. The number of rotatable bonds is 4. The molecule has 4 heterocycles. The van der Waals surface area contributed by atoms with Crippen LogP contribution in [-0.4, -0.2) is 28.3 Å². The van der Waals surface area contributed by atoms with Gasteiger partial charge >= 0.3 is 0 Å². The van der Waals surface area contributed by atoms with Crippen LogP contribution in [0.4, 0.5) is 0 Å². The second-order valence-corrected chi connectivity index (χ2v) is 9.65. The number of nitrogens with two attached hydrogens (primary N) is 1. The summed E-state index contributed by atoms with van der Waals surface area (Å²) < 4.78 is 29.5. The highest BCUT2D eigenvalue weighted by molar-refractivity contribution is 7.90. The largest absolute Gasteiger partial charge is 0.330 e. The van der Waals surface area contributed by atoms with E-state index in [4.69, 9.17) is 28.9 Å². The fraction of sp³-hybridized carbons (Fsp3) is 0.154. The first-order chi connectivity index (χ1) is 11.4. The lowest BCUT2D eigenvalue weighted by molar-refractivity contribution is 0.584. The molecule has 4 aromatic heterocycles. The minimum atomic E-state index is -3.93. The van der Waals surface area contributed by atoms with Gasteiger partial charge in [-0.25, -0.2) is 8.96 Å². The Balaban J connectivity index is 2.01. The third kappa shape index (κ3) is 2.31. The smallest absolute Gasteiger partial charge is 0.288 e. The van der Waals surface area contributed by atoms with Crippen molar-refractivity contribution in [1.29, 1.82) is 0 Å². The van der Waals surface area contributed by atoms with E-state index in [2.05, 4.69) is 4.98 Å². The van der Waals surface area contributed by atoms with Gasteiger partial charge in [-0.2, -0.15) is 8.42 Å². The molecule has 0 spiro atoms. The number of hydrogen-bond donors (Lipinski definition) is 1. The topological polar surface area (TPSA) is 82.4 Å². The zero-order chi connectivity index (χ0) is 17.1. The third-order valence-electron chi connectivity index (χ3n) is 3.60. The van der Waals surface area contributed by atoms with Gasteiger partial charge in [0.15, 0.2) is 10.1 Å². The maximum absolute atomic E-state index is 13.2. The summed E-state index contributed by atoms with van der Waals surface area (Å²) in [6.07, 6.45) is 3.70. The average Bonchev–Trinajstić information content (AvgIpc) is 3.20. The maximum Gasteiger partial charge on any atom is 0.288 e. The predicted molar refractivity (Wildman–Crippen MR) is 98.2 cm³/mol. The molecule has 0 radical (unpaired) electrons. The molecule has 0 aliphatic heterocycles. The van der Waals surface area contributed by atoms with E-state index < -0.39 is 10.0 Å². The van der Waals surface area contributed by atoms with Gasteiger partial charge in [-0.3, -0.25) is 4.40 Å². The van der Waals surface area contributed by atoms with E-state index in [0.29, 0.717) is 27.1 Å². The van der Waals surface area contributed by atoms with Gasteiger partial charge in [-0.15, -0.1) is 11.3 Å². The summed E-state index contributed by atoms with van der Waals surface area (Å²) in [5.74, 6) is 0. The van der Waals surface area contributed by atoms with E-state index in [1.807, 2.05) is 11.4 Å². The van der Waals surface area contributed by atoms with Gasteiger partial charge in [0.25, 0.3) is 10.0 Å². The zero-order valence-corrected chi connectivity index (χ0v) is 15.9. The Labute approximate surface area is 155 Å². The molecule has 11 heteroatoms. The first-order valence-corrected chi connectivity index (χ1v) is 10.7. The molecule has 126 valence electrons. The monoisotopic (exact) mass is 420 g/mol. The molecule has 0 aliphatic carbocycles. The molecule has 0 amide bonds. The number of imidazole rings is 1. The summed E-state index contributed by atoms with van der Waals surface area (Å²) >= 11 is 14.6. The Hall–Kier alpha value is -1.10. The molecule has 4 aromatic rings. The molecule has 0 unspecified atom stereocenters. The lowest BCUT2D eigenvalue weighted by Gasteiger charge is -2.05. The SMILES string of the molecule is NCCc1cn(S(=O)(=O)c2c(Cl)nc3sc(Cl)cn23)c2sccc12. The van der Waals surface area contributed by atoms with E-state index in [0.717, 1.165) is 22.3 Å². The van der Waals surface area contributed by atoms with Crippen molar-refractivity contribution in [3.05, 3.63) is 38.9 Å². The van der Waals surface area contributed by atoms with Crippen LogP contribution in [0.25, 0.3) is 15.2 Å². The minimum absolute atomic E-state index is 0.0725. The van der Waals surface area contributed by atoms with Crippen LogP contribution in [0.3, 0.4) is 0 Å². The van der Waals surface area contributed by atoms with Crippen LogP contribution in [0.1, 0.15) is 5.56 Å². The van der Waals surface area contributed by atoms with E-state index >= 15 is 0 Å². The van der Waals surface area contributed by atoms with Crippen LogP contribution in [0.15, 0.2) is 28.9 Å². The molecule has 4 rings (SSSR count). The van der Waals surface area contributed by atoms with Crippen molar-refractivity contribution < 1.29 is 8.42 Å².